The summed E-state index contributed by atoms with van der Waals surface area (Å²) in [4.78, 5) is 5.54. The number of fused-ring (bicyclic) bond motifs is 1. The normalized spacial score (nSPS) is 13.4. The Labute approximate surface area is 98.9 Å². The maximum absolute atomic E-state index is 8.73. The Kier molecular flexibility index (Phi) is 3.93. The minimum absolute atomic E-state index is 0.270. The van der Waals surface area contributed by atoms with Crippen LogP contribution in [0.2, 0.25) is 0 Å². The lowest BCUT2D eigenvalue weighted by atomic mass is 10.2. The molecule has 0 saturated heterocycles. The highest BCUT2D eigenvalue weighted by Crippen LogP contribution is 2.11. The Morgan fingerprint density at radius 1 is 1.62 bits per heavy atom. The van der Waals surface area contributed by atoms with E-state index in [0.29, 0.717) is 6.04 Å². The summed E-state index contributed by atoms with van der Waals surface area (Å²) < 4.78 is 2.04. The van der Waals surface area contributed by atoms with Crippen LogP contribution in [-0.2, 0) is 6.54 Å². The van der Waals surface area contributed by atoms with E-state index in [1.807, 2.05) is 16.0 Å². The summed E-state index contributed by atoms with van der Waals surface area (Å²) in [6.45, 7) is 3.20. The quantitative estimate of drug-likeness (QED) is 0.806. The zero-order chi connectivity index (χ0) is 11.4. The van der Waals surface area contributed by atoms with Crippen LogP contribution in [0.5, 0.6) is 0 Å². The van der Waals surface area contributed by atoms with Gasteiger partial charge in [0.2, 0.25) is 0 Å². The topological polar surface area (TPSA) is 49.6 Å². The smallest absolute Gasteiger partial charge is 0.193 e. The van der Waals surface area contributed by atoms with Crippen molar-refractivity contribution in [1.29, 1.82) is 0 Å². The summed E-state index contributed by atoms with van der Waals surface area (Å²) in [5.74, 6) is 0. The van der Waals surface area contributed by atoms with Gasteiger partial charge in [-0.05, 0) is 19.8 Å². The average Bonchev–Trinajstić information content (AvgIpc) is 2.83. The highest BCUT2D eigenvalue weighted by atomic mass is 32.1. The van der Waals surface area contributed by atoms with Gasteiger partial charge in [-0.2, -0.15) is 0 Å². The van der Waals surface area contributed by atoms with Crippen LogP contribution in [0.1, 0.15) is 25.5 Å². The van der Waals surface area contributed by atoms with E-state index in [-0.39, 0.29) is 6.61 Å². The van der Waals surface area contributed by atoms with Gasteiger partial charge in [0.15, 0.2) is 4.96 Å². The number of nitrogens with one attached hydrogen (secondary N) is 1. The first-order valence-electron chi connectivity index (χ1n) is 5.55. The lowest BCUT2D eigenvalue weighted by Crippen LogP contribution is -2.25. The number of hydrogen-bond acceptors (Lipinski definition) is 4. The first-order valence-corrected chi connectivity index (χ1v) is 6.43. The molecule has 2 N–H and O–H groups in total. The number of thiazole rings is 1. The van der Waals surface area contributed by atoms with Gasteiger partial charge in [-0.1, -0.05) is 0 Å². The molecular formula is C11H17N3OS. The number of rotatable bonds is 6. The molecule has 0 fully saturated rings. The van der Waals surface area contributed by atoms with Gasteiger partial charge < -0.3 is 10.4 Å². The highest BCUT2D eigenvalue weighted by molar-refractivity contribution is 7.15. The standard InChI is InChI=1S/C11H17N3OS/c1-9(3-2-5-15)12-7-10-8-14-4-6-16-11(14)13-10/h4,6,8-9,12,15H,2-3,5,7H2,1H3. The molecule has 0 bridgehead atoms. The van der Waals surface area contributed by atoms with E-state index >= 15 is 0 Å². The largest absolute Gasteiger partial charge is 0.396 e. The van der Waals surface area contributed by atoms with Crippen LogP contribution < -0.4 is 5.32 Å². The first-order chi connectivity index (χ1) is 7.79. The van der Waals surface area contributed by atoms with Crippen molar-refractivity contribution in [3.8, 4) is 0 Å². The number of nitrogens with zero attached hydrogens (tertiary/aromatic N) is 2. The maximum atomic E-state index is 8.73. The van der Waals surface area contributed by atoms with Crippen molar-refractivity contribution < 1.29 is 5.11 Å². The molecule has 2 rings (SSSR count). The van der Waals surface area contributed by atoms with Crippen LogP contribution in [0.25, 0.3) is 4.96 Å². The number of hydrogen-bond donors (Lipinski definition) is 2. The van der Waals surface area contributed by atoms with Crippen LogP contribution in [0.4, 0.5) is 0 Å². The summed E-state index contributed by atoms with van der Waals surface area (Å²) >= 11 is 1.65. The van der Waals surface area contributed by atoms with Crippen molar-refractivity contribution in [2.45, 2.75) is 32.4 Å². The zero-order valence-electron chi connectivity index (χ0n) is 9.39. The molecule has 2 aromatic heterocycles. The molecule has 5 heteroatoms. The first kappa shape index (κ1) is 11.6. The lowest BCUT2D eigenvalue weighted by molar-refractivity contribution is 0.276. The molecule has 1 unspecified atom stereocenters. The second-order valence-electron chi connectivity index (χ2n) is 3.97. The molecule has 0 spiro atoms. The Hall–Kier alpha value is -0.910. The van der Waals surface area contributed by atoms with Crippen LogP contribution in [0, 0.1) is 0 Å². The van der Waals surface area contributed by atoms with Crippen molar-refractivity contribution in [1.82, 2.24) is 14.7 Å². The SMILES string of the molecule is CC(CCCO)NCc1cn2ccsc2n1. The van der Waals surface area contributed by atoms with Crippen molar-refractivity contribution in [3.63, 3.8) is 0 Å². The predicted molar refractivity (Wildman–Crippen MR) is 65.7 cm³/mol. The molecule has 0 aromatic carbocycles. The van der Waals surface area contributed by atoms with Crippen LogP contribution in [-0.4, -0.2) is 27.1 Å². The number of imidazole rings is 1. The minimum atomic E-state index is 0.270. The Morgan fingerprint density at radius 3 is 3.25 bits per heavy atom. The molecule has 0 saturated carbocycles. The fraction of sp³-hybridized carbons (Fsp3) is 0.545. The molecule has 0 aliphatic rings. The summed E-state index contributed by atoms with van der Waals surface area (Å²) in [7, 11) is 0. The van der Waals surface area contributed by atoms with Crippen molar-refractivity contribution in [3.05, 3.63) is 23.5 Å². The summed E-state index contributed by atoms with van der Waals surface area (Å²) in [6, 6.07) is 0.423. The maximum Gasteiger partial charge on any atom is 0.193 e. The van der Waals surface area contributed by atoms with E-state index in [9.17, 15) is 0 Å². The van der Waals surface area contributed by atoms with Gasteiger partial charge in [-0.25, -0.2) is 4.98 Å². The van der Waals surface area contributed by atoms with E-state index in [1.165, 1.54) is 0 Å². The Balaban J connectivity index is 1.83. The Bertz CT molecular complexity index is 409. The summed E-state index contributed by atoms with van der Waals surface area (Å²) in [5, 5.41) is 14.2. The average molecular weight is 239 g/mol. The van der Waals surface area contributed by atoms with Gasteiger partial charge in [0.1, 0.15) is 0 Å². The number of aliphatic hydroxyl groups excluding tert-OH is 1. The van der Waals surface area contributed by atoms with E-state index in [1.54, 1.807) is 11.3 Å². The zero-order valence-corrected chi connectivity index (χ0v) is 10.2. The predicted octanol–water partition coefficient (Wildman–Crippen LogP) is 1.65. The van der Waals surface area contributed by atoms with Gasteiger partial charge in [-0.3, -0.25) is 4.40 Å². The van der Waals surface area contributed by atoms with Crippen LogP contribution in [0.3, 0.4) is 0 Å². The minimum Gasteiger partial charge on any atom is -0.396 e. The molecule has 0 radical (unpaired) electrons. The molecule has 88 valence electrons. The Morgan fingerprint density at radius 2 is 2.50 bits per heavy atom. The third-order valence-electron chi connectivity index (χ3n) is 2.57. The van der Waals surface area contributed by atoms with Gasteiger partial charge >= 0.3 is 0 Å². The third kappa shape index (κ3) is 2.81. The van der Waals surface area contributed by atoms with Gasteiger partial charge in [0, 0.05) is 37.0 Å². The van der Waals surface area contributed by atoms with Crippen molar-refractivity contribution in [2.75, 3.05) is 6.61 Å². The highest BCUT2D eigenvalue weighted by Gasteiger charge is 2.04. The van der Waals surface area contributed by atoms with Gasteiger partial charge in [0.25, 0.3) is 0 Å². The van der Waals surface area contributed by atoms with E-state index < -0.39 is 0 Å². The fourth-order valence-corrected chi connectivity index (χ4v) is 2.36. The van der Waals surface area contributed by atoms with Crippen molar-refractivity contribution in [2.24, 2.45) is 0 Å². The second-order valence-corrected chi connectivity index (χ2v) is 4.85. The van der Waals surface area contributed by atoms with E-state index in [0.717, 1.165) is 30.0 Å². The fourth-order valence-electron chi connectivity index (χ4n) is 1.64. The molecule has 2 aromatic rings. The molecule has 16 heavy (non-hydrogen) atoms. The van der Waals surface area contributed by atoms with Crippen LogP contribution in [0.15, 0.2) is 17.8 Å². The van der Waals surface area contributed by atoms with Crippen molar-refractivity contribution >= 4 is 16.3 Å². The monoisotopic (exact) mass is 239 g/mol. The molecular weight excluding hydrogens is 222 g/mol. The molecule has 0 aliphatic heterocycles. The molecule has 0 aliphatic carbocycles. The molecule has 4 nitrogen and oxygen atoms in total. The molecule has 2 heterocycles. The summed E-state index contributed by atoms with van der Waals surface area (Å²) in [5.41, 5.74) is 1.07. The third-order valence-corrected chi connectivity index (χ3v) is 3.34. The summed E-state index contributed by atoms with van der Waals surface area (Å²) in [6.07, 6.45) is 5.93. The number of aliphatic hydroxyl groups is 1. The van der Waals surface area contributed by atoms with E-state index in [4.69, 9.17) is 5.11 Å². The van der Waals surface area contributed by atoms with Gasteiger partial charge in [-0.15, -0.1) is 11.3 Å². The van der Waals surface area contributed by atoms with Crippen LogP contribution >= 0.6 is 11.3 Å². The lowest BCUT2D eigenvalue weighted by Gasteiger charge is -2.11. The number of aromatic nitrogens is 2. The second kappa shape index (κ2) is 5.43. The molecule has 1 atom stereocenters. The van der Waals surface area contributed by atoms with E-state index in [2.05, 4.69) is 23.4 Å². The van der Waals surface area contributed by atoms with Gasteiger partial charge in [0.05, 0.1) is 5.69 Å². The molecule has 0 amide bonds.